The Morgan fingerprint density at radius 1 is 1.26 bits per heavy atom. The Morgan fingerprint density at radius 2 is 1.84 bits per heavy atom. The summed E-state index contributed by atoms with van der Waals surface area (Å²) in [5.41, 5.74) is 7.10. The van der Waals surface area contributed by atoms with E-state index in [1.54, 1.807) is 6.92 Å². The van der Waals surface area contributed by atoms with Gasteiger partial charge in [-0.25, -0.2) is 0 Å². The molecule has 1 aromatic carbocycles. The van der Waals surface area contributed by atoms with Gasteiger partial charge in [0.1, 0.15) is 0 Å². The third-order valence-electron chi connectivity index (χ3n) is 3.68. The topological polar surface area (TPSA) is 49.6 Å². The van der Waals surface area contributed by atoms with Crippen molar-refractivity contribution >= 4 is 17.5 Å². The Labute approximate surface area is 119 Å². The molecule has 1 heterocycles. The quantitative estimate of drug-likeness (QED) is 0.914. The maximum absolute atomic E-state index is 11.3. The van der Waals surface area contributed by atoms with Gasteiger partial charge in [0.2, 0.25) is 5.91 Å². The Balaban J connectivity index is 2.03. The van der Waals surface area contributed by atoms with Crippen LogP contribution in [0.2, 0.25) is 5.02 Å². The van der Waals surface area contributed by atoms with E-state index in [1.807, 2.05) is 29.2 Å². The van der Waals surface area contributed by atoms with E-state index in [0.717, 1.165) is 31.2 Å². The zero-order valence-corrected chi connectivity index (χ0v) is 11.9. The zero-order valence-electron chi connectivity index (χ0n) is 11.2. The maximum Gasteiger partial charge on any atom is 0.219 e. The van der Waals surface area contributed by atoms with Crippen LogP contribution < -0.4 is 5.73 Å². The number of hydrogen-bond donors (Lipinski definition) is 1. The van der Waals surface area contributed by atoms with Crippen molar-refractivity contribution in [1.82, 2.24) is 9.80 Å². The van der Waals surface area contributed by atoms with Gasteiger partial charge in [0.25, 0.3) is 0 Å². The lowest BCUT2D eigenvalue weighted by atomic mass is 10.0. The Morgan fingerprint density at radius 3 is 2.32 bits per heavy atom. The predicted octanol–water partition coefficient (Wildman–Crippen LogP) is 1.50. The average Bonchev–Trinajstić information content (AvgIpc) is 2.42. The highest BCUT2D eigenvalue weighted by atomic mass is 35.5. The van der Waals surface area contributed by atoms with Gasteiger partial charge in [-0.15, -0.1) is 0 Å². The molecule has 0 bridgehead atoms. The Hall–Kier alpha value is -1.10. The van der Waals surface area contributed by atoms with Gasteiger partial charge >= 0.3 is 0 Å². The van der Waals surface area contributed by atoms with Gasteiger partial charge in [-0.2, -0.15) is 0 Å². The molecule has 1 unspecified atom stereocenters. The molecule has 0 aromatic heterocycles. The van der Waals surface area contributed by atoms with E-state index in [4.69, 9.17) is 17.3 Å². The molecule has 0 saturated carbocycles. The lowest BCUT2D eigenvalue weighted by Crippen LogP contribution is -2.50. The molecule has 1 saturated heterocycles. The lowest BCUT2D eigenvalue weighted by Gasteiger charge is -2.38. The number of amides is 1. The smallest absolute Gasteiger partial charge is 0.219 e. The van der Waals surface area contributed by atoms with Crippen LogP contribution in [0.5, 0.6) is 0 Å². The van der Waals surface area contributed by atoms with E-state index in [0.29, 0.717) is 6.54 Å². The number of piperazine rings is 1. The molecule has 2 rings (SSSR count). The van der Waals surface area contributed by atoms with Gasteiger partial charge in [0.05, 0.1) is 0 Å². The molecule has 1 aliphatic rings. The fraction of sp³-hybridized carbons (Fsp3) is 0.500. The summed E-state index contributed by atoms with van der Waals surface area (Å²) in [7, 11) is 0. The van der Waals surface area contributed by atoms with Crippen molar-refractivity contribution in [2.24, 2.45) is 5.73 Å². The second kappa shape index (κ2) is 6.37. The highest BCUT2D eigenvalue weighted by molar-refractivity contribution is 6.30. The largest absolute Gasteiger partial charge is 0.340 e. The Kier molecular flexibility index (Phi) is 4.80. The fourth-order valence-electron chi connectivity index (χ4n) is 2.53. The molecule has 4 nitrogen and oxygen atoms in total. The summed E-state index contributed by atoms with van der Waals surface area (Å²) in [4.78, 5) is 15.5. The minimum atomic E-state index is 0.149. The maximum atomic E-state index is 11.3. The SMILES string of the molecule is CC(=O)N1CCN(C(CN)c2ccc(Cl)cc2)CC1. The van der Waals surface area contributed by atoms with Gasteiger partial charge in [-0.3, -0.25) is 9.69 Å². The molecule has 5 heteroatoms. The molecule has 2 N–H and O–H groups in total. The van der Waals surface area contributed by atoms with Gasteiger partial charge in [0, 0.05) is 50.7 Å². The summed E-state index contributed by atoms with van der Waals surface area (Å²) >= 11 is 5.91. The minimum absolute atomic E-state index is 0.149. The van der Waals surface area contributed by atoms with E-state index < -0.39 is 0 Å². The van der Waals surface area contributed by atoms with E-state index in [9.17, 15) is 4.79 Å². The van der Waals surface area contributed by atoms with Crippen LogP contribution in [0.4, 0.5) is 0 Å². The summed E-state index contributed by atoms with van der Waals surface area (Å²) in [5, 5.41) is 0.737. The molecular formula is C14H20ClN3O. The summed E-state index contributed by atoms with van der Waals surface area (Å²) < 4.78 is 0. The first-order chi connectivity index (χ1) is 9.11. The third kappa shape index (κ3) is 3.47. The van der Waals surface area contributed by atoms with Crippen molar-refractivity contribution in [3.8, 4) is 0 Å². The van der Waals surface area contributed by atoms with Crippen LogP contribution >= 0.6 is 11.6 Å². The normalized spacial score (nSPS) is 18.4. The monoisotopic (exact) mass is 281 g/mol. The minimum Gasteiger partial charge on any atom is -0.340 e. The molecule has 1 amide bonds. The summed E-state index contributed by atoms with van der Waals surface area (Å²) in [5.74, 6) is 0.149. The van der Waals surface area contributed by atoms with Crippen LogP contribution in [-0.2, 0) is 4.79 Å². The van der Waals surface area contributed by atoms with Crippen molar-refractivity contribution in [2.75, 3.05) is 32.7 Å². The first-order valence-corrected chi connectivity index (χ1v) is 6.94. The van der Waals surface area contributed by atoms with Crippen LogP contribution in [0.3, 0.4) is 0 Å². The zero-order chi connectivity index (χ0) is 13.8. The Bertz CT molecular complexity index is 427. The number of carbonyl (C=O) groups is 1. The first kappa shape index (κ1) is 14.3. The number of hydrogen-bond acceptors (Lipinski definition) is 3. The van der Waals surface area contributed by atoms with E-state index in [2.05, 4.69) is 4.90 Å². The highest BCUT2D eigenvalue weighted by Gasteiger charge is 2.24. The van der Waals surface area contributed by atoms with E-state index in [1.165, 1.54) is 5.56 Å². The molecular weight excluding hydrogens is 262 g/mol. The molecule has 19 heavy (non-hydrogen) atoms. The van der Waals surface area contributed by atoms with E-state index in [-0.39, 0.29) is 11.9 Å². The number of halogens is 1. The number of nitrogens with zero attached hydrogens (tertiary/aromatic N) is 2. The van der Waals surface area contributed by atoms with Crippen LogP contribution in [0.25, 0.3) is 0 Å². The molecule has 0 aliphatic carbocycles. The molecule has 1 aliphatic heterocycles. The molecule has 104 valence electrons. The second-order valence-corrected chi connectivity index (χ2v) is 5.28. The van der Waals surface area contributed by atoms with Crippen molar-refractivity contribution in [3.05, 3.63) is 34.9 Å². The summed E-state index contributed by atoms with van der Waals surface area (Å²) in [6.45, 7) is 5.48. The standard InChI is InChI=1S/C14H20ClN3O/c1-11(19)17-6-8-18(9-7-17)14(10-16)12-2-4-13(15)5-3-12/h2-5,14H,6-10,16H2,1H3. The molecule has 0 radical (unpaired) electrons. The number of carbonyl (C=O) groups excluding carboxylic acids is 1. The van der Waals surface area contributed by atoms with Crippen LogP contribution in [0.1, 0.15) is 18.5 Å². The van der Waals surface area contributed by atoms with Gasteiger partial charge in [0.15, 0.2) is 0 Å². The summed E-state index contributed by atoms with van der Waals surface area (Å²) in [6.07, 6.45) is 0. The summed E-state index contributed by atoms with van der Waals surface area (Å²) in [6, 6.07) is 8.04. The first-order valence-electron chi connectivity index (χ1n) is 6.57. The van der Waals surface area contributed by atoms with Crippen molar-refractivity contribution in [3.63, 3.8) is 0 Å². The lowest BCUT2D eigenvalue weighted by molar-refractivity contribution is -0.130. The number of nitrogens with two attached hydrogens (primary N) is 1. The van der Waals surface area contributed by atoms with Gasteiger partial charge in [-0.05, 0) is 17.7 Å². The van der Waals surface area contributed by atoms with E-state index >= 15 is 0 Å². The predicted molar refractivity (Wildman–Crippen MR) is 77.1 cm³/mol. The van der Waals surface area contributed by atoms with Gasteiger partial charge < -0.3 is 10.6 Å². The number of rotatable bonds is 3. The molecule has 1 atom stereocenters. The van der Waals surface area contributed by atoms with Crippen LogP contribution in [-0.4, -0.2) is 48.4 Å². The molecule has 1 fully saturated rings. The van der Waals surface area contributed by atoms with Crippen molar-refractivity contribution < 1.29 is 4.79 Å². The fourth-order valence-corrected chi connectivity index (χ4v) is 2.66. The molecule has 1 aromatic rings. The van der Waals surface area contributed by atoms with Crippen LogP contribution in [0, 0.1) is 0 Å². The average molecular weight is 282 g/mol. The third-order valence-corrected chi connectivity index (χ3v) is 3.93. The van der Waals surface area contributed by atoms with Gasteiger partial charge in [-0.1, -0.05) is 23.7 Å². The van der Waals surface area contributed by atoms with Crippen molar-refractivity contribution in [1.29, 1.82) is 0 Å². The molecule has 0 spiro atoms. The van der Waals surface area contributed by atoms with Crippen LogP contribution in [0.15, 0.2) is 24.3 Å². The number of benzene rings is 1. The highest BCUT2D eigenvalue weighted by Crippen LogP contribution is 2.22. The van der Waals surface area contributed by atoms with Crippen molar-refractivity contribution in [2.45, 2.75) is 13.0 Å². The second-order valence-electron chi connectivity index (χ2n) is 4.85.